The molecule has 2 aromatic rings. The lowest BCUT2D eigenvalue weighted by Gasteiger charge is -2.39. The number of allylic oxidation sites excluding steroid dienone is 2. The molecule has 2 aliphatic rings. The van der Waals surface area contributed by atoms with Crippen molar-refractivity contribution in [3.05, 3.63) is 48.4 Å². The molecule has 2 aliphatic heterocycles. The third kappa shape index (κ3) is 3.44. The van der Waals surface area contributed by atoms with Crippen LogP contribution < -0.4 is 10.2 Å². The van der Waals surface area contributed by atoms with Crippen molar-refractivity contribution in [1.82, 2.24) is 20.0 Å². The zero-order valence-electron chi connectivity index (χ0n) is 17.5. The Morgan fingerprint density at radius 1 is 1.21 bits per heavy atom. The summed E-state index contributed by atoms with van der Waals surface area (Å²) < 4.78 is 2.03. The molecule has 2 saturated heterocycles. The first-order valence-corrected chi connectivity index (χ1v) is 10.6. The van der Waals surface area contributed by atoms with Gasteiger partial charge in [-0.25, -0.2) is 0 Å². The number of anilines is 1. The maximum absolute atomic E-state index is 4.88. The van der Waals surface area contributed by atoms with Crippen molar-refractivity contribution in [1.29, 1.82) is 0 Å². The number of hydrogen-bond acceptors (Lipinski definition) is 4. The second-order valence-corrected chi connectivity index (χ2v) is 8.34. The molecule has 0 aliphatic carbocycles. The van der Waals surface area contributed by atoms with E-state index in [1.807, 2.05) is 4.68 Å². The molecule has 0 bridgehead atoms. The fourth-order valence-electron chi connectivity index (χ4n) is 4.58. The number of nitrogens with one attached hydrogen (secondary N) is 1. The van der Waals surface area contributed by atoms with Crippen LogP contribution in [0, 0.1) is 0 Å². The van der Waals surface area contributed by atoms with Crippen molar-refractivity contribution in [2.75, 3.05) is 31.1 Å². The minimum atomic E-state index is 0.249. The van der Waals surface area contributed by atoms with Crippen LogP contribution in [0.25, 0.3) is 10.9 Å². The fourth-order valence-corrected chi connectivity index (χ4v) is 4.58. The van der Waals surface area contributed by atoms with Gasteiger partial charge in [0.2, 0.25) is 0 Å². The molecule has 150 valence electrons. The normalized spacial score (nSPS) is 22.5. The highest BCUT2D eigenvalue weighted by Gasteiger charge is 2.26. The van der Waals surface area contributed by atoms with Crippen molar-refractivity contribution in [2.24, 2.45) is 7.05 Å². The van der Waals surface area contributed by atoms with Crippen molar-refractivity contribution in [2.45, 2.75) is 45.1 Å². The van der Waals surface area contributed by atoms with Crippen LogP contribution in [-0.2, 0) is 7.05 Å². The predicted octanol–water partition coefficient (Wildman–Crippen LogP) is 3.99. The first kappa shape index (κ1) is 19.1. The van der Waals surface area contributed by atoms with E-state index in [1.165, 1.54) is 23.0 Å². The molecule has 2 fully saturated rings. The minimum absolute atomic E-state index is 0.249. The van der Waals surface area contributed by atoms with Gasteiger partial charge in [0.25, 0.3) is 0 Å². The summed E-state index contributed by atoms with van der Waals surface area (Å²) in [7, 11) is 2.05. The smallest absolute Gasteiger partial charge is 0.0792 e. The Kier molecular flexibility index (Phi) is 5.19. The number of aromatic nitrogens is 2. The van der Waals surface area contributed by atoms with Gasteiger partial charge in [-0.2, -0.15) is 5.10 Å². The molecule has 1 aromatic carbocycles. The van der Waals surface area contributed by atoms with Crippen LogP contribution in [0.1, 0.15) is 44.7 Å². The van der Waals surface area contributed by atoms with Crippen LogP contribution >= 0.6 is 0 Å². The van der Waals surface area contributed by atoms with Gasteiger partial charge < -0.3 is 10.2 Å². The molecule has 28 heavy (non-hydrogen) atoms. The number of aryl methyl sites for hydroxylation is 1. The van der Waals surface area contributed by atoms with E-state index in [4.69, 9.17) is 5.10 Å². The highest BCUT2D eigenvalue weighted by Crippen LogP contribution is 2.36. The van der Waals surface area contributed by atoms with Crippen LogP contribution in [0.2, 0.25) is 0 Å². The number of piperidine rings is 1. The van der Waals surface area contributed by atoms with Crippen LogP contribution in [-0.4, -0.2) is 46.9 Å². The largest absolute Gasteiger partial charge is 0.369 e. The number of nitrogens with zero attached hydrogens (tertiary/aromatic N) is 4. The molecular formula is C23H33N5. The van der Waals surface area contributed by atoms with E-state index in [9.17, 15) is 0 Å². The molecule has 1 aromatic heterocycles. The molecule has 0 radical (unpaired) electrons. The molecule has 5 heteroatoms. The van der Waals surface area contributed by atoms with Crippen LogP contribution in [0.4, 0.5) is 5.69 Å². The Labute approximate surface area is 168 Å². The topological polar surface area (TPSA) is 36.3 Å². The number of rotatable bonds is 4. The summed E-state index contributed by atoms with van der Waals surface area (Å²) in [5.41, 5.74) is 5.71. The first-order chi connectivity index (χ1) is 13.5. The zero-order chi connectivity index (χ0) is 19.8. The lowest BCUT2D eigenvalue weighted by molar-refractivity contribution is 0.193. The standard InChI is InChI=1S/C23H33N5/c1-6-17(3)27-11-13-28(14-12-27)19-8-10-21-22(15-19)26(5)25-23(21)20-9-7-16(2)24-18(20)4/h8,10,15,17,20,24H,2,4,6-7,9,11-14H2,1,3,5H3. The Balaban J connectivity index is 1.57. The van der Waals surface area contributed by atoms with Crippen LogP contribution in [0.15, 0.2) is 42.8 Å². The van der Waals surface area contributed by atoms with E-state index in [-0.39, 0.29) is 5.92 Å². The highest BCUT2D eigenvalue weighted by atomic mass is 15.3. The third-order valence-corrected chi connectivity index (χ3v) is 6.58. The fraction of sp³-hybridized carbons (Fsp3) is 0.522. The number of hydrogen-bond donors (Lipinski definition) is 1. The highest BCUT2D eigenvalue weighted by molar-refractivity contribution is 5.86. The second kappa shape index (κ2) is 7.63. The Hall–Kier alpha value is -2.27. The van der Waals surface area contributed by atoms with Gasteiger partial charge in [-0.1, -0.05) is 20.1 Å². The molecular weight excluding hydrogens is 346 g/mol. The SMILES string of the molecule is C=C1CCC(c2nn(C)c3cc(N4CCN(C(C)CC)CC4)ccc23)C(=C)N1. The van der Waals surface area contributed by atoms with Gasteiger partial charge >= 0.3 is 0 Å². The van der Waals surface area contributed by atoms with Crippen molar-refractivity contribution >= 4 is 16.6 Å². The maximum Gasteiger partial charge on any atom is 0.0792 e. The van der Waals surface area contributed by atoms with E-state index >= 15 is 0 Å². The van der Waals surface area contributed by atoms with E-state index < -0.39 is 0 Å². The first-order valence-electron chi connectivity index (χ1n) is 10.6. The third-order valence-electron chi connectivity index (χ3n) is 6.58. The molecule has 0 amide bonds. The van der Waals surface area contributed by atoms with Gasteiger partial charge in [0.05, 0.1) is 11.2 Å². The van der Waals surface area contributed by atoms with Gasteiger partial charge in [0.15, 0.2) is 0 Å². The van der Waals surface area contributed by atoms with Crippen molar-refractivity contribution < 1.29 is 0 Å². The summed E-state index contributed by atoms with van der Waals surface area (Å²) in [6, 6.07) is 7.51. The van der Waals surface area contributed by atoms with E-state index in [2.05, 4.69) is 67.4 Å². The van der Waals surface area contributed by atoms with Gasteiger partial charge in [0.1, 0.15) is 0 Å². The van der Waals surface area contributed by atoms with Gasteiger partial charge in [-0.05, 0) is 44.4 Å². The monoisotopic (exact) mass is 379 g/mol. The van der Waals surface area contributed by atoms with Gasteiger partial charge in [0, 0.05) is 67.7 Å². The van der Waals surface area contributed by atoms with Crippen LogP contribution in [0.5, 0.6) is 0 Å². The summed E-state index contributed by atoms with van der Waals surface area (Å²) in [5.74, 6) is 0.249. The molecule has 5 nitrogen and oxygen atoms in total. The summed E-state index contributed by atoms with van der Waals surface area (Å²) in [6.45, 7) is 17.3. The summed E-state index contributed by atoms with van der Waals surface area (Å²) in [5, 5.41) is 9.45. The van der Waals surface area contributed by atoms with E-state index in [0.717, 1.165) is 56.1 Å². The van der Waals surface area contributed by atoms with Crippen molar-refractivity contribution in [3.8, 4) is 0 Å². The summed E-state index contributed by atoms with van der Waals surface area (Å²) in [4.78, 5) is 5.11. The quantitative estimate of drug-likeness (QED) is 0.871. The summed E-state index contributed by atoms with van der Waals surface area (Å²) >= 11 is 0. The predicted molar refractivity (Wildman–Crippen MR) is 118 cm³/mol. The second-order valence-electron chi connectivity index (χ2n) is 8.34. The van der Waals surface area contributed by atoms with Crippen molar-refractivity contribution in [3.63, 3.8) is 0 Å². The maximum atomic E-state index is 4.88. The molecule has 4 rings (SSSR count). The Bertz CT molecular complexity index is 888. The molecule has 2 atom stereocenters. The minimum Gasteiger partial charge on any atom is -0.369 e. The zero-order valence-corrected chi connectivity index (χ0v) is 17.5. The van der Waals surface area contributed by atoms with Crippen LogP contribution in [0.3, 0.4) is 0 Å². The lowest BCUT2D eigenvalue weighted by atomic mass is 9.90. The molecule has 2 unspecified atom stereocenters. The van der Waals surface area contributed by atoms with E-state index in [1.54, 1.807) is 0 Å². The summed E-state index contributed by atoms with van der Waals surface area (Å²) in [6.07, 6.45) is 3.22. The molecule has 3 heterocycles. The Morgan fingerprint density at radius 2 is 1.96 bits per heavy atom. The van der Waals surface area contributed by atoms with Gasteiger partial charge in [-0.15, -0.1) is 0 Å². The number of piperazine rings is 1. The molecule has 0 saturated carbocycles. The van der Waals surface area contributed by atoms with E-state index in [0.29, 0.717) is 6.04 Å². The average molecular weight is 380 g/mol. The molecule has 1 N–H and O–H groups in total. The number of benzene rings is 1. The number of fused-ring (bicyclic) bond motifs is 1. The lowest BCUT2D eigenvalue weighted by Crippen LogP contribution is -2.49. The average Bonchev–Trinajstić information content (AvgIpc) is 3.03. The Morgan fingerprint density at radius 3 is 2.64 bits per heavy atom. The molecule has 0 spiro atoms. The van der Waals surface area contributed by atoms with Gasteiger partial charge in [-0.3, -0.25) is 9.58 Å².